The van der Waals surface area contributed by atoms with E-state index in [9.17, 15) is 4.79 Å². The largest absolute Gasteiger partial charge is 0.465 e. The van der Waals surface area contributed by atoms with Gasteiger partial charge in [-0.3, -0.25) is 0 Å². The smallest absolute Gasteiger partial charge is 0.337 e. The molecule has 72 valence electrons. The molecule has 0 bridgehead atoms. The van der Waals surface area contributed by atoms with Crippen LogP contribution < -0.4 is 0 Å². The maximum Gasteiger partial charge on any atom is 0.337 e. The number of halogens is 1. The van der Waals surface area contributed by atoms with Crippen molar-refractivity contribution in [3.8, 4) is 0 Å². The number of esters is 1. The molecule has 0 atom stereocenters. The van der Waals surface area contributed by atoms with E-state index in [1.165, 1.54) is 7.11 Å². The average molecular weight is 201 g/mol. The predicted octanol–water partition coefficient (Wildman–Crippen LogP) is 2.46. The van der Waals surface area contributed by atoms with Crippen LogP contribution in [-0.2, 0) is 9.53 Å². The van der Waals surface area contributed by atoms with Gasteiger partial charge in [0.25, 0.3) is 0 Å². The summed E-state index contributed by atoms with van der Waals surface area (Å²) in [5, 5.41) is 0. The standard InChI is InChI=1S/C10H13ClO2/c1-4-8(7-11)6-9(5-2)10(12)13-3/h4-6H,1,7H2,2-3H3/b8-6+,9-5+. The SMILES string of the molecule is C=C/C(=C\C(=C/C)C(=O)OC)CCl. The molecule has 2 nitrogen and oxygen atoms in total. The summed E-state index contributed by atoms with van der Waals surface area (Å²) in [6.07, 6.45) is 4.94. The van der Waals surface area contributed by atoms with Crippen molar-refractivity contribution in [1.82, 2.24) is 0 Å². The highest BCUT2D eigenvalue weighted by atomic mass is 35.5. The number of alkyl halides is 1. The Morgan fingerprint density at radius 3 is 2.54 bits per heavy atom. The van der Waals surface area contributed by atoms with Gasteiger partial charge in [0, 0.05) is 5.88 Å². The summed E-state index contributed by atoms with van der Waals surface area (Å²) in [5.41, 5.74) is 1.28. The Morgan fingerprint density at radius 2 is 2.23 bits per heavy atom. The molecule has 0 saturated heterocycles. The molecule has 0 aromatic carbocycles. The van der Waals surface area contributed by atoms with Crippen molar-refractivity contribution in [1.29, 1.82) is 0 Å². The predicted molar refractivity (Wildman–Crippen MR) is 54.8 cm³/mol. The fourth-order valence-electron chi connectivity index (χ4n) is 0.730. The van der Waals surface area contributed by atoms with Crippen LogP contribution in [0.1, 0.15) is 6.92 Å². The van der Waals surface area contributed by atoms with E-state index in [1.807, 2.05) is 0 Å². The van der Waals surface area contributed by atoms with Gasteiger partial charge in [-0.05, 0) is 18.6 Å². The number of hydrogen-bond donors (Lipinski definition) is 0. The second-order valence-corrected chi connectivity index (χ2v) is 2.56. The second kappa shape index (κ2) is 6.49. The summed E-state index contributed by atoms with van der Waals surface area (Å²) in [4.78, 5) is 11.1. The van der Waals surface area contributed by atoms with Gasteiger partial charge in [0.15, 0.2) is 0 Å². The van der Waals surface area contributed by atoms with Crippen LogP contribution in [0.4, 0.5) is 0 Å². The Kier molecular flexibility index (Phi) is 5.98. The molecule has 0 heterocycles. The minimum absolute atomic E-state index is 0.331. The third kappa shape index (κ3) is 3.95. The Morgan fingerprint density at radius 1 is 1.62 bits per heavy atom. The normalized spacial score (nSPS) is 12.5. The number of ether oxygens (including phenoxy) is 1. The molecule has 0 aromatic rings. The lowest BCUT2D eigenvalue weighted by Crippen LogP contribution is -2.03. The molecule has 0 spiro atoms. The third-order valence-electron chi connectivity index (χ3n) is 1.49. The van der Waals surface area contributed by atoms with Gasteiger partial charge in [0.2, 0.25) is 0 Å². The molecule has 0 unspecified atom stereocenters. The first-order valence-corrected chi connectivity index (χ1v) is 4.36. The van der Waals surface area contributed by atoms with Crippen LogP contribution in [0, 0.1) is 0 Å². The topological polar surface area (TPSA) is 26.3 Å². The highest BCUT2D eigenvalue weighted by molar-refractivity contribution is 6.19. The van der Waals surface area contributed by atoms with Gasteiger partial charge in [-0.1, -0.05) is 18.7 Å². The molecule has 3 heteroatoms. The fraction of sp³-hybridized carbons (Fsp3) is 0.300. The number of allylic oxidation sites excluding steroid dienone is 3. The molecular weight excluding hydrogens is 188 g/mol. The van der Waals surface area contributed by atoms with E-state index >= 15 is 0 Å². The Labute approximate surface area is 83.5 Å². The molecule has 0 rings (SSSR count). The quantitative estimate of drug-likeness (QED) is 0.302. The Balaban J connectivity index is 4.72. The zero-order chi connectivity index (χ0) is 10.3. The van der Waals surface area contributed by atoms with Crippen molar-refractivity contribution >= 4 is 17.6 Å². The van der Waals surface area contributed by atoms with E-state index in [2.05, 4.69) is 11.3 Å². The van der Waals surface area contributed by atoms with Crippen molar-refractivity contribution in [2.24, 2.45) is 0 Å². The molecular formula is C10H13ClO2. The molecule has 0 N–H and O–H groups in total. The number of rotatable bonds is 4. The lowest BCUT2D eigenvalue weighted by atomic mass is 10.1. The van der Waals surface area contributed by atoms with Crippen LogP contribution in [0.2, 0.25) is 0 Å². The first-order chi connectivity index (χ1) is 6.19. The van der Waals surface area contributed by atoms with Crippen LogP contribution in [-0.4, -0.2) is 19.0 Å². The van der Waals surface area contributed by atoms with Crippen molar-refractivity contribution in [2.75, 3.05) is 13.0 Å². The molecule has 0 aliphatic rings. The molecule has 0 aliphatic heterocycles. The molecule has 0 aliphatic carbocycles. The molecule has 0 amide bonds. The fourth-order valence-corrected chi connectivity index (χ4v) is 0.916. The first kappa shape index (κ1) is 12.0. The van der Waals surface area contributed by atoms with Crippen LogP contribution in [0.5, 0.6) is 0 Å². The van der Waals surface area contributed by atoms with E-state index < -0.39 is 0 Å². The minimum Gasteiger partial charge on any atom is -0.465 e. The number of carbonyl (C=O) groups excluding carboxylic acids is 1. The van der Waals surface area contributed by atoms with Crippen LogP contribution in [0.25, 0.3) is 0 Å². The van der Waals surface area contributed by atoms with Gasteiger partial charge >= 0.3 is 5.97 Å². The van der Waals surface area contributed by atoms with Crippen molar-refractivity contribution in [3.63, 3.8) is 0 Å². The van der Waals surface area contributed by atoms with Gasteiger partial charge in [0.1, 0.15) is 0 Å². The average Bonchev–Trinajstić information content (AvgIpc) is 2.19. The third-order valence-corrected chi connectivity index (χ3v) is 1.80. The Bertz CT molecular complexity index is 252. The summed E-state index contributed by atoms with van der Waals surface area (Å²) in [7, 11) is 1.34. The van der Waals surface area contributed by atoms with Crippen LogP contribution in [0.15, 0.2) is 36.0 Å². The maximum atomic E-state index is 11.1. The molecule has 0 radical (unpaired) electrons. The highest BCUT2D eigenvalue weighted by Crippen LogP contribution is 2.07. The van der Waals surface area contributed by atoms with Crippen molar-refractivity contribution in [2.45, 2.75) is 6.92 Å². The summed E-state index contributed by atoms with van der Waals surface area (Å²) in [6, 6.07) is 0. The van der Waals surface area contributed by atoms with Crippen molar-refractivity contribution < 1.29 is 9.53 Å². The summed E-state index contributed by atoms with van der Waals surface area (Å²) >= 11 is 5.60. The maximum absolute atomic E-state index is 11.1. The van der Waals surface area contributed by atoms with E-state index in [0.29, 0.717) is 11.5 Å². The monoisotopic (exact) mass is 200 g/mol. The number of methoxy groups -OCH3 is 1. The molecule has 13 heavy (non-hydrogen) atoms. The molecule has 0 saturated carbocycles. The van der Waals surface area contributed by atoms with E-state index in [0.717, 1.165) is 5.57 Å². The summed E-state index contributed by atoms with van der Waals surface area (Å²) in [6.45, 7) is 5.33. The van der Waals surface area contributed by atoms with Gasteiger partial charge in [0.05, 0.1) is 12.7 Å². The molecule has 0 aromatic heterocycles. The first-order valence-electron chi connectivity index (χ1n) is 3.83. The lowest BCUT2D eigenvalue weighted by molar-refractivity contribution is -0.135. The zero-order valence-electron chi connectivity index (χ0n) is 7.84. The minimum atomic E-state index is -0.369. The van der Waals surface area contributed by atoms with E-state index in [-0.39, 0.29) is 5.97 Å². The van der Waals surface area contributed by atoms with Crippen LogP contribution in [0.3, 0.4) is 0 Å². The van der Waals surface area contributed by atoms with Gasteiger partial charge in [-0.2, -0.15) is 0 Å². The second-order valence-electron chi connectivity index (χ2n) is 2.29. The van der Waals surface area contributed by atoms with E-state index in [4.69, 9.17) is 11.6 Å². The number of carbonyl (C=O) groups is 1. The van der Waals surface area contributed by atoms with Crippen molar-refractivity contribution in [3.05, 3.63) is 36.0 Å². The summed E-state index contributed by atoms with van der Waals surface area (Å²) in [5.74, 6) is -0.0374. The summed E-state index contributed by atoms with van der Waals surface area (Å²) < 4.78 is 4.56. The lowest BCUT2D eigenvalue weighted by Gasteiger charge is -2.00. The van der Waals surface area contributed by atoms with Gasteiger partial charge < -0.3 is 4.74 Å². The Hall–Kier alpha value is -1.02. The van der Waals surface area contributed by atoms with Crippen LogP contribution >= 0.6 is 11.6 Å². The number of hydrogen-bond acceptors (Lipinski definition) is 2. The van der Waals surface area contributed by atoms with Gasteiger partial charge in [-0.25, -0.2) is 4.79 Å². The molecule has 0 fully saturated rings. The van der Waals surface area contributed by atoms with E-state index in [1.54, 1.807) is 25.2 Å². The highest BCUT2D eigenvalue weighted by Gasteiger charge is 2.05. The van der Waals surface area contributed by atoms with Gasteiger partial charge in [-0.15, -0.1) is 11.6 Å². The zero-order valence-corrected chi connectivity index (χ0v) is 8.60.